The first-order valence-corrected chi connectivity index (χ1v) is 3.43. The van der Waals surface area contributed by atoms with Crippen LogP contribution in [0.15, 0.2) is 0 Å². The van der Waals surface area contributed by atoms with Gasteiger partial charge in [0.2, 0.25) is 5.91 Å². The van der Waals surface area contributed by atoms with Gasteiger partial charge in [0.25, 0.3) is 0 Å². The van der Waals surface area contributed by atoms with Crippen molar-refractivity contribution in [1.29, 1.82) is 0 Å². The lowest BCUT2D eigenvalue weighted by molar-refractivity contribution is -0.130. The van der Waals surface area contributed by atoms with Crippen molar-refractivity contribution in [2.45, 2.75) is 19.9 Å². The van der Waals surface area contributed by atoms with Gasteiger partial charge < -0.3 is 10.6 Å². The Labute approximate surface area is 74.3 Å². The Balaban J connectivity index is 0. The van der Waals surface area contributed by atoms with Gasteiger partial charge in [-0.05, 0) is 5.92 Å². The maximum Gasteiger partial charge on any atom is 0.239 e. The van der Waals surface area contributed by atoms with Crippen molar-refractivity contribution in [1.82, 2.24) is 4.90 Å². The summed E-state index contributed by atoms with van der Waals surface area (Å²) >= 11 is 0. The van der Waals surface area contributed by atoms with Gasteiger partial charge in [0.05, 0.1) is 6.04 Å². The van der Waals surface area contributed by atoms with Crippen LogP contribution in [-0.4, -0.2) is 30.9 Å². The lowest BCUT2D eigenvalue weighted by Crippen LogP contribution is -2.43. The van der Waals surface area contributed by atoms with Gasteiger partial charge in [-0.3, -0.25) is 4.79 Å². The summed E-state index contributed by atoms with van der Waals surface area (Å²) in [4.78, 5) is 12.6. The summed E-state index contributed by atoms with van der Waals surface area (Å²) in [6, 6.07) is -0.352. The fraction of sp³-hybridized carbons (Fsp3) is 0.857. The predicted molar refractivity (Wildman–Crippen MR) is 48.8 cm³/mol. The Kier molecular flexibility index (Phi) is 6.52. The van der Waals surface area contributed by atoms with E-state index in [0.717, 1.165) is 0 Å². The van der Waals surface area contributed by atoms with Gasteiger partial charge in [0, 0.05) is 14.1 Å². The fourth-order valence-corrected chi connectivity index (χ4v) is 0.583. The molecule has 0 bridgehead atoms. The molecule has 0 aromatic rings. The molecule has 0 aromatic carbocycles. The number of halogens is 1. The molecular weight excluding hydrogens is 164 g/mol. The monoisotopic (exact) mass is 180 g/mol. The van der Waals surface area contributed by atoms with E-state index in [-0.39, 0.29) is 30.3 Å². The summed E-state index contributed by atoms with van der Waals surface area (Å²) in [5, 5.41) is 0. The summed E-state index contributed by atoms with van der Waals surface area (Å²) in [5.74, 6) is 0.213. The zero-order valence-electron chi connectivity index (χ0n) is 7.50. The molecule has 0 saturated heterocycles. The highest BCUT2D eigenvalue weighted by Crippen LogP contribution is 1.99. The average Bonchev–Trinajstić information content (AvgIpc) is 1.84. The van der Waals surface area contributed by atoms with E-state index in [2.05, 4.69) is 0 Å². The molecule has 0 saturated carbocycles. The van der Waals surface area contributed by atoms with Gasteiger partial charge >= 0.3 is 0 Å². The van der Waals surface area contributed by atoms with E-state index < -0.39 is 0 Å². The molecule has 0 aromatic heterocycles. The molecule has 0 heterocycles. The highest BCUT2D eigenvalue weighted by molar-refractivity contribution is 5.85. The van der Waals surface area contributed by atoms with Gasteiger partial charge in [0.1, 0.15) is 0 Å². The second kappa shape index (κ2) is 5.38. The molecule has 0 aliphatic rings. The number of carbonyl (C=O) groups excluding carboxylic acids is 1. The SMILES string of the molecule is CC(C)[C@@H](N)C(=O)N(C)C.Cl. The summed E-state index contributed by atoms with van der Waals surface area (Å²) < 4.78 is 0. The molecule has 0 aliphatic carbocycles. The highest BCUT2D eigenvalue weighted by atomic mass is 35.5. The molecule has 2 N–H and O–H groups in total. The number of likely N-dealkylation sites (N-methyl/N-ethyl adjacent to an activating group) is 1. The van der Waals surface area contributed by atoms with Gasteiger partial charge in [0.15, 0.2) is 0 Å². The molecule has 1 amide bonds. The minimum Gasteiger partial charge on any atom is -0.347 e. The Bertz CT molecular complexity index is 126. The lowest BCUT2D eigenvalue weighted by atomic mass is 10.0. The quantitative estimate of drug-likeness (QED) is 0.672. The minimum atomic E-state index is -0.352. The lowest BCUT2D eigenvalue weighted by Gasteiger charge is -2.19. The van der Waals surface area contributed by atoms with Gasteiger partial charge in [-0.2, -0.15) is 0 Å². The zero-order chi connectivity index (χ0) is 8.31. The van der Waals surface area contributed by atoms with E-state index >= 15 is 0 Å². The van der Waals surface area contributed by atoms with Crippen molar-refractivity contribution in [2.24, 2.45) is 11.7 Å². The molecule has 3 nitrogen and oxygen atoms in total. The van der Waals surface area contributed by atoms with Crippen LogP contribution in [0.3, 0.4) is 0 Å². The van der Waals surface area contributed by atoms with Crippen LogP contribution in [0.1, 0.15) is 13.8 Å². The standard InChI is InChI=1S/C7H16N2O.ClH/c1-5(2)6(8)7(10)9(3)4;/h5-6H,8H2,1-4H3;1H/t6-;/m1./s1. The molecule has 0 spiro atoms. The number of hydrogen-bond donors (Lipinski definition) is 1. The molecule has 68 valence electrons. The van der Waals surface area contributed by atoms with Crippen LogP contribution < -0.4 is 5.73 Å². The van der Waals surface area contributed by atoms with Crippen molar-refractivity contribution in [2.75, 3.05) is 14.1 Å². The topological polar surface area (TPSA) is 46.3 Å². The Morgan fingerprint density at radius 2 is 1.73 bits per heavy atom. The second-order valence-corrected chi connectivity index (χ2v) is 3.00. The maximum atomic E-state index is 11.1. The number of nitrogens with zero attached hydrogens (tertiary/aromatic N) is 1. The van der Waals surface area contributed by atoms with Crippen molar-refractivity contribution in [3.63, 3.8) is 0 Å². The molecule has 0 radical (unpaired) electrons. The maximum absolute atomic E-state index is 11.1. The summed E-state index contributed by atoms with van der Waals surface area (Å²) in [6.07, 6.45) is 0. The van der Waals surface area contributed by atoms with Crippen LogP contribution in [-0.2, 0) is 4.79 Å². The van der Waals surface area contributed by atoms with Crippen molar-refractivity contribution < 1.29 is 4.79 Å². The van der Waals surface area contributed by atoms with Crippen LogP contribution in [0.25, 0.3) is 0 Å². The molecule has 0 fully saturated rings. The van der Waals surface area contributed by atoms with Gasteiger partial charge in [-0.15, -0.1) is 12.4 Å². The van der Waals surface area contributed by atoms with E-state index in [1.807, 2.05) is 13.8 Å². The first kappa shape index (κ1) is 13.3. The summed E-state index contributed by atoms with van der Waals surface area (Å²) in [6.45, 7) is 3.87. The second-order valence-electron chi connectivity index (χ2n) is 3.00. The minimum absolute atomic E-state index is 0. The van der Waals surface area contributed by atoms with E-state index in [0.29, 0.717) is 0 Å². The van der Waals surface area contributed by atoms with E-state index in [4.69, 9.17) is 5.73 Å². The number of nitrogens with two attached hydrogens (primary N) is 1. The highest BCUT2D eigenvalue weighted by Gasteiger charge is 2.17. The normalized spacial score (nSPS) is 12.2. The third-order valence-corrected chi connectivity index (χ3v) is 1.44. The molecule has 1 atom stereocenters. The molecule has 11 heavy (non-hydrogen) atoms. The van der Waals surface area contributed by atoms with Crippen molar-refractivity contribution >= 4 is 18.3 Å². The van der Waals surface area contributed by atoms with E-state index in [9.17, 15) is 4.79 Å². The first-order chi connectivity index (χ1) is 4.46. The summed E-state index contributed by atoms with van der Waals surface area (Å²) in [7, 11) is 3.43. The van der Waals surface area contributed by atoms with Crippen molar-refractivity contribution in [3.8, 4) is 0 Å². The molecule has 4 heteroatoms. The van der Waals surface area contributed by atoms with Crippen LogP contribution >= 0.6 is 12.4 Å². The number of hydrogen-bond acceptors (Lipinski definition) is 2. The third kappa shape index (κ3) is 4.22. The smallest absolute Gasteiger partial charge is 0.239 e. The largest absolute Gasteiger partial charge is 0.347 e. The zero-order valence-corrected chi connectivity index (χ0v) is 8.31. The first-order valence-electron chi connectivity index (χ1n) is 3.43. The van der Waals surface area contributed by atoms with Crippen LogP contribution in [0.4, 0.5) is 0 Å². The van der Waals surface area contributed by atoms with Crippen molar-refractivity contribution in [3.05, 3.63) is 0 Å². The van der Waals surface area contributed by atoms with Gasteiger partial charge in [-0.1, -0.05) is 13.8 Å². The number of carbonyl (C=O) groups is 1. The Hall–Kier alpha value is -0.280. The third-order valence-electron chi connectivity index (χ3n) is 1.44. The van der Waals surface area contributed by atoms with Crippen LogP contribution in [0.2, 0.25) is 0 Å². The van der Waals surface area contributed by atoms with Crippen LogP contribution in [0.5, 0.6) is 0 Å². The molecular formula is C7H17ClN2O. The van der Waals surface area contributed by atoms with E-state index in [1.54, 1.807) is 14.1 Å². The van der Waals surface area contributed by atoms with Crippen LogP contribution in [0, 0.1) is 5.92 Å². The van der Waals surface area contributed by atoms with E-state index in [1.165, 1.54) is 4.90 Å². The summed E-state index contributed by atoms with van der Waals surface area (Å²) in [5.41, 5.74) is 5.57. The molecule has 0 aliphatic heterocycles. The number of amides is 1. The molecule has 0 unspecified atom stereocenters. The molecule has 0 rings (SSSR count). The fourth-order valence-electron chi connectivity index (χ4n) is 0.583. The Morgan fingerprint density at radius 1 is 1.36 bits per heavy atom. The Morgan fingerprint density at radius 3 is 1.82 bits per heavy atom. The van der Waals surface area contributed by atoms with Gasteiger partial charge in [-0.25, -0.2) is 0 Å². The number of rotatable bonds is 2. The average molecular weight is 181 g/mol. The predicted octanol–water partition coefficient (Wildman–Crippen LogP) is 0.480.